The van der Waals surface area contributed by atoms with E-state index in [1.54, 1.807) is 0 Å². The second kappa shape index (κ2) is 6.42. The third-order valence-electron chi connectivity index (χ3n) is 2.58. The normalized spacial score (nSPS) is 10.7. The summed E-state index contributed by atoms with van der Waals surface area (Å²) in [5.74, 6) is 2.36. The first-order chi connectivity index (χ1) is 8.06. The minimum atomic E-state index is 0.613. The van der Waals surface area contributed by atoms with Crippen LogP contribution in [0.1, 0.15) is 33.4 Å². The van der Waals surface area contributed by atoms with E-state index in [4.69, 9.17) is 0 Å². The van der Waals surface area contributed by atoms with Crippen molar-refractivity contribution in [2.75, 3.05) is 29.9 Å². The van der Waals surface area contributed by atoms with E-state index >= 15 is 0 Å². The Kier molecular flexibility index (Phi) is 5.19. The van der Waals surface area contributed by atoms with Gasteiger partial charge in [0.1, 0.15) is 5.82 Å². The van der Waals surface area contributed by atoms with Crippen LogP contribution in [-0.2, 0) is 0 Å². The van der Waals surface area contributed by atoms with Crippen LogP contribution < -0.4 is 10.2 Å². The molecule has 0 saturated heterocycles. The molecule has 0 bridgehead atoms. The van der Waals surface area contributed by atoms with Crippen LogP contribution in [0.4, 0.5) is 11.8 Å². The number of aryl methyl sites for hydroxylation is 1. The monoisotopic (exact) mass is 236 g/mol. The number of aromatic nitrogens is 2. The largest absolute Gasteiger partial charge is 0.370 e. The van der Waals surface area contributed by atoms with Crippen molar-refractivity contribution in [1.29, 1.82) is 0 Å². The molecule has 1 N–H and O–H groups in total. The highest BCUT2D eigenvalue weighted by Crippen LogP contribution is 2.13. The number of anilines is 2. The molecular formula is C13H24N4. The van der Waals surface area contributed by atoms with Crippen molar-refractivity contribution < 1.29 is 0 Å². The van der Waals surface area contributed by atoms with Gasteiger partial charge in [-0.25, -0.2) is 4.98 Å². The number of nitrogens with one attached hydrogen (secondary N) is 1. The van der Waals surface area contributed by atoms with E-state index in [9.17, 15) is 0 Å². The van der Waals surface area contributed by atoms with Crippen molar-refractivity contribution in [2.24, 2.45) is 5.92 Å². The van der Waals surface area contributed by atoms with Gasteiger partial charge in [-0.2, -0.15) is 4.98 Å². The molecule has 17 heavy (non-hydrogen) atoms. The van der Waals surface area contributed by atoms with E-state index in [0.29, 0.717) is 5.92 Å². The maximum Gasteiger partial charge on any atom is 0.227 e. The second-order valence-corrected chi connectivity index (χ2v) is 4.64. The van der Waals surface area contributed by atoms with Gasteiger partial charge in [-0.05, 0) is 26.7 Å². The molecule has 0 atom stereocenters. The Balaban J connectivity index is 2.85. The molecule has 1 aromatic rings. The number of nitrogens with zero attached hydrogens (tertiary/aromatic N) is 3. The van der Waals surface area contributed by atoms with Crippen LogP contribution in [0.3, 0.4) is 0 Å². The molecule has 0 unspecified atom stereocenters. The number of hydrogen-bond acceptors (Lipinski definition) is 4. The van der Waals surface area contributed by atoms with Crippen molar-refractivity contribution in [3.8, 4) is 0 Å². The molecule has 1 aromatic heterocycles. The lowest BCUT2D eigenvalue weighted by molar-refractivity contribution is 0.686. The lowest BCUT2D eigenvalue weighted by Crippen LogP contribution is -2.25. The fourth-order valence-corrected chi connectivity index (χ4v) is 1.60. The van der Waals surface area contributed by atoms with E-state index in [2.05, 4.69) is 47.9 Å². The van der Waals surface area contributed by atoms with E-state index in [-0.39, 0.29) is 0 Å². The molecule has 4 heteroatoms. The first kappa shape index (κ1) is 13.7. The van der Waals surface area contributed by atoms with Gasteiger partial charge in [0, 0.05) is 31.4 Å². The van der Waals surface area contributed by atoms with Crippen LogP contribution in [0.2, 0.25) is 0 Å². The predicted octanol–water partition coefficient (Wildman–Crippen LogP) is 2.70. The highest BCUT2D eigenvalue weighted by atomic mass is 15.3. The highest BCUT2D eigenvalue weighted by Gasteiger charge is 2.07. The van der Waals surface area contributed by atoms with E-state index in [1.165, 1.54) is 0 Å². The SMILES string of the molecule is CCN(CC)c1nc(C)cc(NCC(C)C)n1. The Morgan fingerprint density at radius 2 is 1.88 bits per heavy atom. The third kappa shape index (κ3) is 4.21. The van der Waals surface area contributed by atoms with Gasteiger partial charge in [-0.3, -0.25) is 0 Å². The summed E-state index contributed by atoms with van der Waals surface area (Å²) < 4.78 is 0. The molecule has 1 rings (SSSR count). The summed E-state index contributed by atoms with van der Waals surface area (Å²) in [6.45, 7) is 13.4. The second-order valence-electron chi connectivity index (χ2n) is 4.64. The van der Waals surface area contributed by atoms with Crippen molar-refractivity contribution in [1.82, 2.24) is 9.97 Å². The zero-order valence-corrected chi connectivity index (χ0v) is 11.6. The maximum absolute atomic E-state index is 4.55. The molecule has 0 aromatic carbocycles. The topological polar surface area (TPSA) is 41.1 Å². The number of hydrogen-bond donors (Lipinski definition) is 1. The van der Waals surface area contributed by atoms with Gasteiger partial charge in [-0.15, -0.1) is 0 Å². The predicted molar refractivity (Wildman–Crippen MR) is 73.7 cm³/mol. The summed E-state index contributed by atoms with van der Waals surface area (Å²) in [4.78, 5) is 11.2. The zero-order chi connectivity index (χ0) is 12.8. The summed E-state index contributed by atoms with van der Waals surface area (Å²) in [5.41, 5.74) is 1.01. The average molecular weight is 236 g/mol. The van der Waals surface area contributed by atoms with E-state index < -0.39 is 0 Å². The van der Waals surface area contributed by atoms with Crippen molar-refractivity contribution in [3.05, 3.63) is 11.8 Å². The van der Waals surface area contributed by atoms with Crippen molar-refractivity contribution >= 4 is 11.8 Å². The molecule has 4 nitrogen and oxygen atoms in total. The first-order valence-electron chi connectivity index (χ1n) is 6.41. The summed E-state index contributed by atoms with van der Waals surface area (Å²) in [7, 11) is 0. The van der Waals surface area contributed by atoms with Gasteiger partial charge in [-0.1, -0.05) is 13.8 Å². The lowest BCUT2D eigenvalue weighted by Gasteiger charge is -2.20. The molecule has 0 radical (unpaired) electrons. The summed E-state index contributed by atoms with van der Waals surface area (Å²) in [5, 5.41) is 3.35. The molecular weight excluding hydrogens is 212 g/mol. The van der Waals surface area contributed by atoms with Gasteiger partial charge in [0.25, 0.3) is 0 Å². The Bertz CT molecular complexity index is 345. The van der Waals surface area contributed by atoms with Crippen LogP contribution in [0.15, 0.2) is 6.07 Å². The molecule has 0 saturated carbocycles. The molecule has 96 valence electrons. The minimum absolute atomic E-state index is 0.613. The minimum Gasteiger partial charge on any atom is -0.370 e. The molecule has 0 fully saturated rings. The third-order valence-corrected chi connectivity index (χ3v) is 2.58. The molecule has 0 aliphatic carbocycles. The Hall–Kier alpha value is -1.32. The van der Waals surface area contributed by atoms with Crippen molar-refractivity contribution in [2.45, 2.75) is 34.6 Å². The van der Waals surface area contributed by atoms with Crippen LogP contribution in [-0.4, -0.2) is 29.6 Å². The molecule has 0 amide bonds. The van der Waals surface area contributed by atoms with Crippen LogP contribution >= 0.6 is 0 Å². The lowest BCUT2D eigenvalue weighted by atomic mass is 10.2. The fraction of sp³-hybridized carbons (Fsp3) is 0.692. The summed E-state index contributed by atoms with van der Waals surface area (Å²) in [6.07, 6.45) is 0. The van der Waals surface area contributed by atoms with Gasteiger partial charge < -0.3 is 10.2 Å². The first-order valence-corrected chi connectivity index (χ1v) is 6.41. The highest BCUT2D eigenvalue weighted by molar-refractivity contribution is 5.43. The standard InChI is InChI=1S/C13H24N4/c1-6-17(7-2)13-15-11(5)8-12(16-13)14-9-10(3)4/h8,10H,6-7,9H2,1-5H3,(H,14,15,16). The van der Waals surface area contributed by atoms with Crippen LogP contribution in [0, 0.1) is 12.8 Å². The maximum atomic E-state index is 4.55. The zero-order valence-electron chi connectivity index (χ0n) is 11.6. The molecule has 1 heterocycles. The number of rotatable bonds is 6. The quantitative estimate of drug-likeness (QED) is 0.824. The van der Waals surface area contributed by atoms with Crippen LogP contribution in [0.5, 0.6) is 0 Å². The molecule has 0 aliphatic rings. The van der Waals surface area contributed by atoms with Gasteiger partial charge >= 0.3 is 0 Å². The Morgan fingerprint density at radius 3 is 2.41 bits per heavy atom. The van der Waals surface area contributed by atoms with Crippen molar-refractivity contribution in [3.63, 3.8) is 0 Å². The Labute approximate surface area is 104 Å². The summed E-state index contributed by atoms with van der Waals surface area (Å²) in [6, 6.07) is 2.00. The van der Waals surface area contributed by atoms with Gasteiger partial charge in [0.15, 0.2) is 0 Å². The fourth-order valence-electron chi connectivity index (χ4n) is 1.60. The van der Waals surface area contributed by atoms with Gasteiger partial charge in [0.2, 0.25) is 5.95 Å². The van der Waals surface area contributed by atoms with E-state index in [1.807, 2.05) is 13.0 Å². The van der Waals surface area contributed by atoms with E-state index in [0.717, 1.165) is 37.1 Å². The average Bonchev–Trinajstić information content (AvgIpc) is 2.27. The summed E-state index contributed by atoms with van der Waals surface area (Å²) >= 11 is 0. The molecule has 0 aliphatic heterocycles. The van der Waals surface area contributed by atoms with Gasteiger partial charge in [0.05, 0.1) is 0 Å². The smallest absolute Gasteiger partial charge is 0.227 e. The molecule has 0 spiro atoms. The van der Waals surface area contributed by atoms with Crippen LogP contribution in [0.25, 0.3) is 0 Å². The Morgan fingerprint density at radius 1 is 1.24 bits per heavy atom.